The summed E-state index contributed by atoms with van der Waals surface area (Å²) in [6, 6.07) is 9.50. The predicted octanol–water partition coefficient (Wildman–Crippen LogP) is 4.36. The summed E-state index contributed by atoms with van der Waals surface area (Å²) < 4.78 is 11.8. The van der Waals surface area contributed by atoms with E-state index in [1.807, 2.05) is 24.3 Å². The Labute approximate surface area is 156 Å². The lowest BCUT2D eigenvalue weighted by molar-refractivity contribution is -0.131. The van der Waals surface area contributed by atoms with Crippen molar-refractivity contribution < 1.29 is 14.3 Å². The van der Waals surface area contributed by atoms with Crippen LogP contribution in [0.1, 0.15) is 19.4 Å². The molecule has 1 aromatic carbocycles. The summed E-state index contributed by atoms with van der Waals surface area (Å²) in [5.74, 6) is 1.69. The Morgan fingerprint density at radius 3 is 2.76 bits per heavy atom. The van der Waals surface area contributed by atoms with E-state index in [2.05, 4.69) is 39.3 Å². The van der Waals surface area contributed by atoms with E-state index in [-0.39, 0.29) is 5.97 Å². The molecule has 0 aliphatic rings. The van der Waals surface area contributed by atoms with Crippen LogP contribution in [0.2, 0.25) is 0 Å². The average molecular weight is 405 g/mol. The van der Waals surface area contributed by atoms with Gasteiger partial charge in [-0.1, -0.05) is 28.6 Å². The van der Waals surface area contributed by atoms with Crippen LogP contribution in [0, 0.1) is 0 Å². The SMILES string of the molecule is C=CCOc1ccc(Br)cc1CN(CC)c1ccc(OC(C)=O)cn1. The van der Waals surface area contributed by atoms with Crippen molar-refractivity contribution in [2.24, 2.45) is 0 Å². The van der Waals surface area contributed by atoms with Crippen molar-refractivity contribution in [1.82, 2.24) is 4.98 Å². The molecular weight excluding hydrogens is 384 g/mol. The molecule has 25 heavy (non-hydrogen) atoms. The van der Waals surface area contributed by atoms with Crippen molar-refractivity contribution in [1.29, 1.82) is 0 Å². The van der Waals surface area contributed by atoms with Gasteiger partial charge in [0.2, 0.25) is 0 Å². The molecule has 132 valence electrons. The lowest BCUT2D eigenvalue weighted by Gasteiger charge is -2.23. The number of carbonyl (C=O) groups excluding carboxylic acids is 1. The van der Waals surface area contributed by atoms with E-state index in [1.165, 1.54) is 6.92 Å². The third-order valence-corrected chi connectivity index (χ3v) is 3.92. The number of halogens is 1. The maximum Gasteiger partial charge on any atom is 0.308 e. The standard InChI is InChI=1S/C19H21BrN2O3/c1-4-10-24-18-8-6-16(20)11-15(18)13-22(5-2)19-9-7-17(12-21-19)25-14(3)23/h4,6-9,11-12H,1,5,10,13H2,2-3H3. The number of anilines is 1. The average Bonchev–Trinajstić information content (AvgIpc) is 2.59. The molecule has 0 atom stereocenters. The van der Waals surface area contributed by atoms with Gasteiger partial charge in [0.25, 0.3) is 0 Å². The highest BCUT2D eigenvalue weighted by atomic mass is 79.9. The van der Waals surface area contributed by atoms with Gasteiger partial charge < -0.3 is 14.4 Å². The topological polar surface area (TPSA) is 51.7 Å². The Morgan fingerprint density at radius 1 is 1.36 bits per heavy atom. The fourth-order valence-electron chi connectivity index (χ4n) is 2.31. The molecule has 0 radical (unpaired) electrons. The molecule has 0 fully saturated rings. The molecule has 2 rings (SSSR count). The van der Waals surface area contributed by atoms with E-state index < -0.39 is 0 Å². The number of pyridine rings is 1. The second kappa shape index (κ2) is 9.22. The first-order chi connectivity index (χ1) is 12.0. The third-order valence-electron chi connectivity index (χ3n) is 3.43. The van der Waals surface area contributed by atoms with Crippen LogP contribution in [0.5, 0.6) is 11.5 Å². The van der Waals surface area contributed by atoms with Crippen LogP contribution in [-0.2, 0) is 11.3 Å². The Kier molecular flexibility index (Phi) is 7.01. The van der Waals surface area contributed by atoms with E-state index in [0.29, 0.717) is 18.9 Å². The van der Waals surface area contributed by atoms with Crippen molar-refractivity contribution in [3.63, 3.8) is 0 Å². The van der Waals surface area contributed by atoms with E-state index in [0.717, 1.165) is 28.1 Å². The molecule has 1 heterocycles. The van der Waals surface area contributed by atoms with Crippen molar-refractivity contribution in [2.75, 3.05) is 18.1 Å². The maximum atomic E-state index is 11.0. The Morgan fingerprint density at radius 2 is 2.16 bits per heavy atom. The van der Waals surface area contributed by atoms with E-state index in [9.17, 15) is 4.79 Å². The zero-order valence-electron chi connectivity index (χ0n) is 14.4. The molecule has 0 spiro atoms. The molecule has 0 aliphatic heterocycles. The number of carbonyl (C=O) groups is 1. The molecular formula is C19H21BrN2O3. The molecule has 1 aromatic heterocycles. The van der Waals surface area contributed by atoms with Crippen LogP contribution in [-0.4, -0.2) is 24.1 Å². The molecule has 0 aliphatic carbocycles. The van der Waals surface area contributed by atoms with Crippen LogP contribution in [0.4, 0.5) is 5.82 Å². The number of hydrogen-bond donors (Lipinski definition) is 0. The lowest BCUT2D eigenvalue weighted by Crippen LogP contribution is -2.23. The van der Waals surface area contributed by atoms with Gasteiger partial charge in [0.15, 0.2) is 0 Å². The monoisotopic (exact) mass is 404 g/mol. The molecule has 6 heteroatoms. The largest absolute Gasteiger partial charge is 0.489 e. The van der Waals surface area contributed by atoms with Crippen LogP contribution in [0.3, 0.4) is 0 Å². The van der Waals surface area contributed by atoms with Gasteiger partial charge in [-0.15, -0.1) is 0 Å². The summed E-state index contributed by atoms with van der Waals surface area (Å²) in [6.07, 6.45) is 3.27. The van der Waals surface area contributed by atoms with Crippen molar-refractivity contribution >= 4 is 27.7 Å². The summed E-state index contributed by atoms with van der Waals surface area (Å²) in [4.78, 5) is 17.5. The highest BCUT2D eigenvalue weighted by Gasteiger charge is 2.12. The summed E-state index contributed by atoms with van der Waals surface area (Å²) in [7, 11) is 0. The van der Waals surface area contributed by atoms with E-state index >= 15 is 0 Å². The van der Waals surface area contributed by atoms with Gasteiger partial charge in [-0.05, 0) is 37.3 Å². The fourth-order valence-corrected chi connectivity index (χ4v) is 2.72. The molecule has 0 N–H and O–H groups in total. The number of benzene rings is 1. The molecule has 0 saturated heterocycles. The number of ether oxygens (including phenoxy) is 2. The van der Waals surface area contributed by atoms with Crippen molar-refractivity contribution in [3.05, 3.63) is 59.2 Å². The second-order valence-electron chi connectivity index (χ2n) is 5.31. The second-order valence-corrected chi connectivity index (χ2v) is 6.23. The number of esters is 1. The Hall–Kier alpha value is -2.34. The molecule has 0 saturated carbocycles. The highest BCUT2D eigenvalue weighted by Crippen LogP contribution is 2.26. The zero-order chi connectivity index (χ0) is 18.2. The normalized spacial score (nSPS) is 10.2. The predicted molar refractivity (Wildman–Crippen MR) is 102 cm³/mol. The first kappa shape index (κ1) is 19.0. The Bertz CT molecular complexity index is 732. The highest BCUT2D eigenvalue weighted by molar-refractivity contribution is 9.10. The molecule has 2 aromatic rings. The zero-order valence-corrected chi connectivity index (χ0v) is 16.0. The van der Waals surface area contributed by atoms with Gasteiger partial charge in [-0.3, -0.25) is 4.79 Å². The minimum absolute atomic E-state index is 0.361. The quantitative estimate of drug-likeness (QED) is 0.483. The van der Waals surface area contributed by atoms with Crippen LogP contribution in [0.25, 0.3) is 0 Å². The number of rotatable bonds is 8. The number of nitrogens with zero attached hydrogens (tertiary/aromatic N) is 2. The van der Waals surface area contributed by atoms with Gasteiger partial charge in [0.05, 0.1) is 6.20 Å². The van der Waals surface area contributed by atoms with Crippen LogP contribution >= 0.6 is 15.9 Å². The first-order valence-electron chi connectivity index (χ1n) is 7.95. The summed E-state index contributed by atoms with van der Waals surface area (Å²) in [6.45, 7) is 8.98. The minimum Gasteiger partial charge on any atom is -0.489 e. The number of aromatic nitrogens is 1. The third kappa shape index (κ3) is 5.60. The van der Waals surface area contributed by atoms with Crippen molar-refractivity contribution in [2.45, 2.75) is 20.4 Å². The molecule has 0 unspecified atom stereocenters. The molecule has 5 nitrogen and oxygen atoms in total. The van der Waals surface area contributed by atoms with Gasteiger partial charge in [0.1, 0.15) is 23.9 Å². The van der Waals surface area contributed by atoms with Crippen LogP contribution < -0.4 is 14.4 Å². The lowest BCUT2D eigenvalue weighted by atomic mass is 10.2. The number of hydrogen-bond acceptors (Lipinski definition) is 5. The molecule has 0 amide bonds. The summed E-state index contributed by atoms with van der Waals surface area (Å²) in [5, 5.41) is 0. The Balaban J connectivity index is 2.20. The summed E-state index contributed by atoms with van der Waals surface area (Å²) >= 11 is 3.51. The smallest absolute Gasteiger partial charge is 0.308 e. The van der Waals surface area contributed by atoms with Gasteiger partial charge >= 0.3 is 5.97 Å². The van der Waals surface area contributed by atoms with Crippen molar-refractivity contribution in [3.8, 4) is 11.5 Å². The van der Waals surface area contributed by atoms with E-state index in [1.54, 1.807) is 18.3 Å². The fraction of sp³-hybridized carbons (Fsp3) is 0.263. The van der Waals surface area contributed by atoms with Gasteiger partial charge in [-0.2, -0.15) is 0 Å². The maximum absolute atomic E-state index is 11.0. The summed E-state index contributed by atoms with van der Waals surface area (Å²) in [5.41, 5.74) is 1.05. The first-order valence-corrected chi connectivity index (χ1v) is 8.74. The van der Waals surface area contributed by atoms with E-state index in [4.69, 9.17) is 9.47 Å². The van der Waals surface area contributed by atoms with Crippen LogP contribution in [0.15, 0.2) is 53.7 Å². The van der Waals surface area contributed by atoms with Gasteiger partial charge in [-0.25, -0.2) is 4.98 Å². The molecule has 0 bridgehead atoms. The van der Waals surface area contributed by atoms with Gasteiger partial charge in [0, 0.05) is 30.0 Å². The minimum atomic E-state index is -0.361.